The van der Waals surface area contributed by atoms with Gasteiger partial charge in [0.25, 0.3) is 5.91 Å². The van der Waals surface area contributed by atoms with Gasteiger partial charge >= 0.3 is 0 Å². The monoisotopic (exact) mass is 298 g/mol. The second-order valence-electron chi connectivity index (χ2n) is 5.93. The second-order valence-corrected chi connectivity index (χ2v) is 5.93. The highest BCUT2D eigenvalue weighted by atomic mass is 16.1. The van der Waals surface area contributed by atoms with Crippen molar-refractivity contribution in [2.45, 2.75) is 32.7 Å². The molecular formula is C17H22N4O. The van der Waals surface area contributed by atoms with Crippen molar-refractivity contribution < 1.29 is 4.79 Å². The Bertz CT molecular complexity index is 671. The fraction of sp³-hybridized carbons (Fsp3) is 0.412. The molecule has 1 aliphatic rings. The van der Waals surface area contributed by atoms with E-state index < -0.39 is 0 Å². The third-order valence-corrected chi connectivity index (χ3v) is 4.25. The van der Waals surface area contributed by atoms with E-state index in [-0.39, 0.29) is 5.91 Å². The van der Waals surface area contributed by atoms with E-state index in [9.17, 15) is 4.79 Å². The van der Waals surface area contributed by atoms with E-state index in [0.717, 1.165) is 37.2 Å². The normalized spacial score (nSPS) is 18.2. The van der Waals surface area contributed by atoms with Gasteiger partial charge in [0.05, 0.1) is 6.04 Å². The molecule has 5 heteroatoms. The maximum absolute atomic E-state index is 12.3. The van der Waals surface area contributed by atoms with Gasteiger partial charge in [0.2, 0.25) is 0 Å². The molecule has 0 bridgehead atoms. The maximum atomic E-state index is 12.3. The Balaban J connectivity index is 1.69. The number of anilines is 1. The number of amides is 1. The number of carbonyl (C=O) groups is 1. The average Bonchev–Trinajstić information content (AvgIpc) is 3.02. The molecule has 0 radical (unpaired) electrons. The minimum Gasteiger partial charge on any atom is -0.321 e. The first kappa shape index (κ1) is 14.8. The van der Waals surface area contributed by atoms with Crippen molar-refractivity contribution in [3.63, 3.8) is 0 Å². The van der Waals surface area contributed by atoms with Crippen LogP contribution >= 0.6 is 0 Å². The molecule has 3 rings (SSSR count). The van der Waals surface area contributed by atoms with Gasteiger partial charge in [-0.15, -0.1) is 0 Å². The quantitative estimate of drug-likeness (QED) is 0.916. The molecular weight excluding hydrogens is 276 g/mol. The molecule has 2 aromatic rings. The Kier molecular flexibility index (Phi) is 4.24. The summed E-state index contributed by atoms with van der Waals surface area (Å²) in [5, 5.41) is 10.7. The SMILES string of the molecule is Cc1ccc(NC(=O)c2ccn(C3CCCNC3)n2)cc1C. The van der Waals surface area contributed by atoms with Gasteiger partial charge in [-0.2, -0.15) is 5.10 Å². The van der Waals surface area contributed by atoms with E-state index in [1.165, 1.54) is 5.56 Å². The van der Waals surface area contributed by atoms with Gasteiger partial charge < -0.3 is 10.6 Å². The number of carbonyl (C=O) groups excluding carboxylic acids is 1. The Morgan fingerprint density at radius 3 is 2.91 bits per heavy atom. The molecule has 1 unspecified atom stereocenters. The average molecular weight is 298 g/mol. The van der Waals surface area contributed by atoms with Gasteiger partial charge in [0.15, 0.2) is 5.69 Å². The fourth-order valence-electron chi connectivity index (χ4n) is 2.74. The molecule has 0 saturated carbocycles. The molecule has 1 atom stereocenters. The van der Waals surface area contributed by atoms with Crippen LogP contribution in [0.25, 0.3) is 0 Å². The summed E-state index contributed by atoms with van der Waals surface area (Å²) in [6.45, 7) is 6.08. The van der Waals surface area contributed by atoms with Crippen molar-refractivity contribution in [1.82, 2.24) is 15.1 Å². The molecule has 1 aliphatic heterocycles. The van der Waals surface area contributed by atoms with Crippen LogP contribution in [0.1, 0.15) is 40.5 Å². The first-order chi connectivity index (χ1) is 10.6. The topological polar surface area (TPSA) is 59.0 Å². The summed E-state index contributed by atoms with van der Waals surface area (Å²) in [7, 11) is 0. The lowest BCUT2D eigenvalue weighted by Crippen LogP contribution is -2.32. The lowest BCUT2D eigenvalue weighted by atomic mass is 10.1. The molecule has 1 amide bonds. The molecule has 1 saturated heterocycles. The number of piperidine rings is 1. The van der Waals surface area contributed by atoms with Gasteiger partial charge in [-0.05, 0) is 62.6 Å². The lowest BCUT2D eigenvalue weighted by Gasteiger charge is -2.22. The fourth-order valence-corrected chi connectivity index (χ4v) is 2.74. The molecule has 2 N–H and O–H groups in total. The summed E-state index contributed by atoms with van der Waals surface area (Å²) in [4.78, 5) is 12.3. The Labute approximate surface area is 130 Å². The maximum Gasteiger partial charge on any atom is 0.276 e. The zero-order valence-electron chi connectivity index (χ0n) is 13.1. The number of rotatable bonds is 3. The van der Waals surface area contributed by atoms with E-state index >= 15 is 0 Å². The van der Waals surface area contributed by atoms with Crippen molar-refractivity contribution in [3.8, 4) is 0 Å². The van der Waals surface area contributed by atoms with Crippen molar-refractivity contribution in [3.05, 3.63) is 47.3 Å². The molecule has 0 aliphatic carbocycles. The van der Waals surface area contributed by atoms with Gasteiger partial charge in [0, 0.05) is 18.4 Å². The number of benzene rings is 1. The Morgan fingerprint density at radius 1 is 1.32 bits per heavy atom. The largest absolute Gasteiger partial charge is 0.321 e. The van der Waals surface area contributed by atoms with E-state index in [1.54, 1.807) is 6.07 Å². The summed E-state index contributed by atoms with van der Waals surface area (Å²) >= 11 is 0. The van der Waals surface area contributed by atoms with Crippen LogP contribution in [-0.4, -0.2) is 28.8 Å². The zero-order valence-corrected chi connectivity index (χ0v) is 13.1. The minimum atomic E-state index is -0.161. The van der Waals surface area contributed by atoms with E-state index in [1.807, 2.05) is 36.0 Å². The molecule has 5 nitrogen and oxygen atoms in total. The van der Waals surface area contributed by atoms with E-state index in [4.69, 9.17) is 0 Å². The van der Waals surface area contributed by atoms with Crippen molar-refractivity contribution >= 4 is 11.6 Å². The third-order valence-electron chi connectivity index (χ3n) is 4.25. The number of aryl methyl sites for hydroxylation is 2. The van der Waals surface area contributed by atoms with E-state index in [0.29, 0.717) is 11.7 Å². The van der Waals surface area contributed by atoms with Crippen LogP contribution in [0.15, 0.2) is 30.5 Å². The van der Waals surface area contributed by atoms with Crippen LogP contribution in [0, 0.1) is 13.8 Å². The van der Waals surface area contributed by atoms with Crippen LogP contribution in [0.5, 0.6) is 0 Å². The molecule has 1 fully saturated rings. The van der Waals surface area contributed by atoms with Crippen LogP contribution in [0.4, 0.5) is 5.69 Å². The van der Waals surface area contributed by atoms with Gasteiger partial charge in [-0.3, -0.25) is 9.48 Å². The minimum absolute atomic E-state index is 0.161. The first-order valence-corrected chi connectivity index (χ1v) is 7.78. The molecule has 1 aromatic heterocycles. The number of nitrogens with one attached hydrogen (secondary N) is 2. The van der Waals surface area contributed by atoms with Crippen molar-refractivity contribution in [2.24, 2.45) is 0 Å². The zero-order chi connectivity index (χ0) is 15.5. The summed E-state index contributed by atoms with van der Waals surface area (Å²) < 4.78 is 1.90. The predicted molar refractivity (Wildman–Crippen MR) is 87.2 cm³/mol. The Hall–Kier alpha value is -2.14. The standard InChI is InChI=1S/C17H22N4O/c1-12-5-6-14(10-13(12)2)19-17(22)16-7-9-21(20-16)15-4-3-8-18-11-15/h5-7,9-10,15,18H,3-4,8,11H2,1-2H3,(H,19,22). The van der Waals surface area contributed by atoms with Crippen LogP contribution < -0.4 is 10.6 Å². The number of hydrogen-bond acceptors (Lipinski definition) is 3. The first-order valence-electron chi connectivity index (χ1n) is 7.78. The molecule has 1 aromatic carbocycles. The van der Waals surface area contributed by atoms with Crippen molar-refractivity contribution in [1.29, 1.82) is 0 Å². The Morgan fingerprint density at radius 2 is 2.18 bits per heavy atom. The summed E-state index contributed by atoms with van der Waals surface area (Å²) in [6.07, 6.45) is 4.15. The smallest absolute Gasteiger partial charge is 0.276 e. The summed E-state index contributed by atoms with van der Waals surface area (Å²) in [5.41, 5.74) is 3.65. The predicted octanol–water partition coefficient (Wildman–Crippen LogP) is 2.68. The number of aromatic nitrogens is 2. The molecule has 0 spiro atoms. The van der Waals surface area contributed by atoms with Gasteiger partial charge in [0.1, 0.15) is 0 Å². The number of hydrogen-bond donors (Lipinski definition) is 2. The summed E-state index contributed by atoms with van der Waals surface area (Å²) in [6, 6.07) is 8.04. The summed E-state index contributed by atoms with van der Waals surface area (Å²) in [5.74, 6) is -0.161. The third kappa shape index (κ3) is 3.20. The second kappa shape index (κ2) is 6.32. The van der Waals surface area contributed by atoms with Gasteiger partial charge in [-0.1, -0.05) is 6.07 Å². The number of nitrogens with zero attached hydrogens (tertiary/aromatic N) is 2. The molecule has 2 heterocycles. The van der Waals surface area contributed by atoms with E-state index in [2.05, 4.69) is 22.7 Å². The van der Waals surface area contributed by atoms with Crippen LogP contribution in [0.2, 0.25) is 0 Å². The highest BCUT2D eigenvalue weighted by Crippen LogP contribution is 2.17. The highest BCUT2D eigenvalue weighted by Gasteiger charge is 2.17. The van der Waals surface area contributed by atoms with Crippen molar-refractivity contribution in [2.75, 3.05) is 18.4 Å². The lowest BCUT2D eigenvalue weighted by molar-refractivity contribution is 0.102. The van der Waals surface area contributed by atoms with Crippen LogP contribution in [-0.2, 0) is 0 Å². The van der Waals surface area contributed by atoms with Crippen LogP contribution in [0.3, 0.4) is 0 Å². The molecule has 116 valence electrons. The van der Waals surface area contributed by atoms with Gasteiger partial charge in [-0.25, -0.2) is 0 Å². The molecule has 22 heavy (non-hydrogen) atoms. The highest BCUT2D eigenvalue weighted by molar-refractivity contribution is 6.02.